The number of fused-ring (bicyclic) bond motifs is 2. The van der Waals surface area contributed by atoms with Crippen LogP contribution >= 0.6 is 0 Å². The summed E-state index contributed by atoms with van der Waals surface area (Å²) in [7, 11) is 0. The van der Waals surface area contributed by atoms with Gasteiger partial charge < -0.3 is 20.9 Å². The third kappa shape index (κ3) is 3.95. The van der Waals surface area contributed by atoms with Crippen LogP contribution in [0.4, 0.5) is 24.5 Å². The molecule has 7 nitrogen and oxygen atoms in total. The standard InChI is InChI=1S/C16H12N4O.C2HF3O2/c17-11-3-4-14-12(7-11)13(16(21)19-14)5-9-1-2-10-8-18-20-15(10)6-9;3-2(4,5)1(6)7/h1-8,19,21H,17H2;(H,6,7)/p+1. The Morgan fingerprint density at radius 2 is 1.93 bits per heavy atom. The van der Waals surface area contributed by atoms with Gasteiger partial charge in [0.2, 0.25) is 6.20 Å². The van der Waals surface area contributed by atoms with Crippen LogP contribution < -0.4 is 21.3 Å². The molecule has 0 aliphatic carbocycles. The van der Waals surface area contributed by atoms with Crippen molar-refractivity contribution in [2.75, 3.05) is 5.73 Å². The quantitative estimate of drug-likeness (QED) is 0.394. The summed E-state index contributed by atoms with van der Waals surface area (Å²) in [6, 6.07) is 11.5. The molecule has 10 heteroatoms. The maximum Gasteiger partial charge on any atom is 0.490 e. The average molecular weight is 391 g/mol. The molecule has 3 aromatic rings. The van der Waals surface area contributed by atoms with Crippen molar-refractivity contribution < 1.29 is 33.3 Å². The van der Waals surface area contributed by atoms with E-state index in [1.807, 2.05) is 42.6 Å². The van der Waals surface area contributed by atoms with Gasteiger partial charge in [-0.2, -0.15) is 13.2 Å². The lowest BCUT2D eigenvalue weighted by atomic mass is 10.1. The van der Waals surface area contributed by atoms with Gasteiger partial charge in [0.1, 0.15) is 5.69 Å². The third-order valence-electron chi connectivity index (χ3n) is 3.86. The summed E-state index contributed by atoms with van der Waals surface area (Å²) in [4.78, 5) is 11.8. The van der Waals surface area contributed by atoms with Crippen molar-refractivity contribution in [2.45, 2.75) is 6.18 Å². The SMILES string of the molecule is Nc1ccc2[nH]c(O)c(C=c3ccc4c(c3)N=[NH+]C=4)c2c1.O=C(O)C(F)(F)F. The molecule has 1 aliphatic rings. The van der Waals surface area contributed by atoms with Crippen LogP contribution in [0.1, 0.15) is 5.56 Å². The van der Waals surface area contributed by atoms with Gasteiger partial charge in [-0.1, -0.05) is 6.07 Å². The number of benzene rings is 2. The number of anilines is 1. The molecule has 0 radical (unpaired) electrons. The zero-order chi connectivity index (χ0) is 20.5. The van der Waals surface area contributed by atoms with Gasteiger partial charge in [0.25, 0.3) is 0 Å². The van der Waals surface area contributed by atoms with E-state index in [0.29, 0.717) is 5.69 Å². The second-order valence-corrected chi connectivity index (χ2v) is 5.84. The van der Waals surface area contributed by atoms with Crippen molar-refractivity contribution in [1.82, 2.24) is 4.98 Å². The van der Waals surface area contributed by atoms with Crippen molar-refractivity contribution >= 4 is 40.5 Å². The molecular formula is C18H14F3N4O3+. The second kappa shape index (κ2) is 7.06. The highest BCUT2D eigenvalue weighted by Crippen LogP contribution is 2.29. The number of carbonyl (C=O) groups is 1. The molecule has 0 spiro atoms. The lowest BCUT2D eigenvalue weighted by Crippen LogP contribution is -2.54. The Morgan fingerprint density at radius 1 is 1.21 bits per heavy atom. The first-order valence-electron chi connectivity index (χ1n) is 7.83. The summed E-state index contributed by atoms with van der Waals surface area (Å²) in [5.74, 6) is -2.62. The number of nitrogens with two attached hydrogens (primary N) is 1. The van der Waals surface area contributed by atoms with E-state index >= 15 is 0 Å². The highest BCUT2D eigenvalue weighted by molar-refractivity contribution is 5.93. The number of nitrogen functional groups attached to an aromatic ring is 1. The first kappa shape index (κ1) is 19.0. The number of hydrogen-bond acceptors (Lipinski definition) is 4. The van der Waals surface area contributed by atoms with E-state index in [9.17, 15) is 18.3 Å². The number of aromatic hydroxyl groups is 1. The van der Waals surface area contributed by atoms with E-state index in [1.54, 1.807) is 6.07 Å². The van der Waals surface area contributed by atoms with Crippen LogP contribution in [0.15, 0.2) is 41.5 Å². The van der Waals surface area contributed by atoms with E-state index in [1.165, 1.54) is 0 Å². The molecule has 0 saturated carbocycles. The van der Waals surface area contributed by atoms with Gasteiger partial charge in [-0.3, -0.25) is 0 Å². The number of carboxylic acids is 1. The first-order chi connectivity index (χ1) is 13.1. The fraction of sp³-hybridized carbons (Fsp3) is 0.0556. The number of nitrogens with zero attached hydrogens (tertiary/aromatic N) is 1. The van der Waals surface area contributed by atoms with E-state index in [4.69, 9.17) is 15.6 Å². The zero-order valence-corrected chi connectivity index (χ0v) is 14.1. The maximum atomic E-state index is 10.6. The van der Waals surface area contributed by atoms with Crippen LogP contribution in [0.25, 0.3) is 23.2 Å². The molecular weight excluding hydrogens is 377 g/mol. The number of alkyl halides is 3. The van der Waals surface area contributed by atoms with Gasteiger partial charge in [0, 0.05) is 22.2 Å². The minimum atomic E-state index is -5.08. The lowest BCUT2D eigenvalue weighted by Gasteiger charge is -1.95. The minimum absolute atomic E-state index is 0.137. The Morgan fingerprint density at radius 3 is 2.61 bits per heavy atom. The van der Waals surface area contributed by atoms with E-state index in [0.717, 1.165) is 32.6 Å². The molecule has 2 heterocycles. The summed E-state index contributed by atoms with van der Waals surface area (Å²) in [5, 5.41) is 27.2. The van der Waals surface area contributed by atoms with E-state index in [2.05, 4.69) is 15.2 Å². The molecule has 2 aromatic carbocycles. The molecule has 0 amide bonds. The molecule has 1 aliphatic heterocycles. The van der Waals surface area contributed by atoms with Crippen LogP contribution in [0.5, 0.6) is 5.88 Å². The molecule has 0 unspecified atom stereocenters. The van der Waals surface area contributed by atoms with Gasteiger partial charge in [-0.15, -0.1) is 5.11 Å². The van der Waals surface area contributed by atoms with Gasteiger partial charge in [-0.05, 0) is 46.7 Å². The highest BCUT2D eigenvalue weighted by Gasteiger charge is 2.38. The highest BCUT2D eigenvalue weighted by atomic mass is 19.4. The van der Waals surface area contributed by atoms with E-state index in [-0.39, 0.29) is 5.88 Å². The van der Waals surface area contributed by atoms with Crippen molar-refractivity contribution in [3.63, 3.8) is 0 Å². The first-order valence-corrected chi connectivity index (χ1v) is 7.83. The Kier molecular flexibility index (Phi) is 4.78. The molecule has 1 aromatic heterocycles. The number of halogens is 3. The number of aromatic nitrogens is 1. The molecule has 6 N–H and O–H groups in total. The van der Waals surface area contributed by atoms with Crippen LogP contribution in [0.3, 0.4) is 0 Å². The molecule has 144 valence electrons. The lowest BCUT2D eigenvalue weighted by molar-refractivity contribution is -0.407. The average Bonchev–Trinajstić information content (AvgIpc) is 3.19. The van der Waals surface area contributed by atoms with Gasteiger partial charge in [-0.25, -0.2) is 4.79 Å². The van der Waals surface area contributed by atoms with Crippen molar-refractivity contribution in [2.24, 2.45) is 5.11 Å². The normalized spacial score (nSPS) is 13.0. The number of nitrogens with one attached hydrogen (secondary N) is 2. The molecule has 0 saturated heterocycles. The van der Waals surface area contributed by atoms with E-state index < -0.39 is 12.1 Å². The van der Waals surface area contributed by atoms with Crippen LogP contribution in [-0.4, -0.2) is 27.3 Å². The largest absolute Gasteiger partial charge is 0.494 e. The maximum absolute atomic E-state index is 10.6. The van der Waals surface area contributed by atoms with Crippen LogP contribution in [0, 0.1) is 0 Å². The van der Waals surface area contributed by atoms with Gasteiger partial charge >= 0.3 is 12.1 Å². The molecule has 4 rings (SSSR count). The number of rotatable bonds is 1. The fourth-order valence-electron chi connectivity index (χ4n) is 2.57. The third-order valence-corrected chi connectivity index (χ3v) is 3.86. The Hall–Kier alpha value is -3.82. The smallest absolute Gasteiger partial charge is 0.490 e. The molecule has 0 fully saturated rings. The van der Waals surface area contributed by atoms with Crippen molar-refractivity contribution in [3.8, 4) is 5.88 Å². The molecule has 0 bridgehead atoms. The zero-order valence-electron chi connectivity index (χ0n) is 14.1. The van der Waals surface area contributed by atoms with Gasteiger partial charge in [0.15, 0.2) is 5.88 Å². The number of aliphatic carboxylic acids is 1. The summed E-state index contributed by atoms with van der Waals surface area (Å²) < 4.78 is 31.7. The summed E-state index contributed by atoms with van der Waals surface area (Å²) >= 11 is 0. The number of carboxylic acid groups (broad SMARTS) is 1. The monoisotopic (exact) mass is 391 g/mol. The van der Waals surface area contributed by atoms with Crippen molar-refractivity contribution in [1.29, 1.82) is 0 Å². The summed E-state index contributed by atoms with van der Waals surface area (Å²) in [6.07, 6.45) is -1.31. The number of hydrogen-bond donors (Lipinski definition) is 5. The Bertz CT molecular complexity index is 1210. The molecule has 0 atom stereocenters. The summed E-state index contributed by atoms with van der Waals surface area (Å²) in [6.45, 7) is 0. The van der Waals surface area contributed by atoms with Gasteiger partial charge in [0.05, 0.1) is 5.22 Å². The molecule has 28 heavy (non-hydrogen) atoms. The van der Waals surface area contributed by atoms with Crippen molar-refractivity contribution in [3.05, 3.63) is 52.4 Å². The Labute approximate surface area is 154 Å². The van der Waals surface area contributed by atoms with Crippen LogP contribution in [-0.2, 0) is 4.79 Å². The minimum Gasteiger partial charge on any atom is -0.494 e. The number of azo groups is 1. The predicted octanol–water partition coefficient (Wildman–Crippen LogP) is 0.834. The Balaban J connectivity index is 0.000000279. The van der Waals surface area contributed by atoms with Crippen LogP contribution in [0.2, 0.25) is 0 Å². The topological polar surface area (TPSA) is 126 Å². The predicted molar refractivity (Wildman–Crippen MR) is 94.8 cm³/mol. The second-order valence-electron chi connectivity index (χ2n) is 5.84. The fourth-order valence-corrected chi connectivity index (χ4v) is 2.57. The number of H-pyrrole nitrogens is 1. The number of aromatic amines is 1. The summed E-state index contributed by atoms with van der Waals surface area (Å²) in [5.41, 5.74) is 8.97.